The van der Waals surface area contributed by atoms with Gasteiger partial charge in [0.05, 0.1) is 0 Å². The highest BCUT2D eigenvalue weighted by Crippen LogP contribution is 2.17. The Kier molecular flexibility index (Phi) is 3.74. The maximum Gasteiger partial charge on any atom is 0.225 e. The summed E-state index contributed by atoms with van der Waals surface area (Å²) in [4.78, 5) is 11.8. The number of anilines is 1. The van der Waals surface area contributed by atoms with Gasteiger partial charge in [-0.05, 0) is 44.0 Å². The quantitative estimate of drug-likeness (QED) is 0.844. The van der Waals surface area contributed by atoms with Crippen LogP contribution < -0.4 is 10.6 Å². The molecule has 0 spiro atoms. The van der Waals surface area contributed by atoms with Crippen LogP contribution in [-0.4, -0.2) is 18.5 Å². The Morgan fingerprint density at radius 1 is 1.59 bits per heavy atom. The molecule has 1 aromatic carbocycles. The van der Waals surface area contributed by atoms with Gasteiger partial charge in [0.1, 0.15) is 5.82 Å². The third-order valence-electron chi connectivity index (χ3n) is 3.07. The number of rotatable bonds is 3. The summed E-state index contributed by atoms with van der Waals surface area (Å²) in [7, 11) is 0. The van der Waals surface area contributed by atoms with E-state index in [0.29, 0.717) is 12.1 Å². The van der Waals surface area contributed by atoms with Crippen molar-refractivity contribution in [3.63, 3.8) is 0 Å². The SMILES string of the molecule is Cc1ccc(F)cc1NC(=O)CC1CCCN1. The van der Waals surface area contributed by atoms with E-state index >= 15 is 0 Å². The second-order valence-corrected chi connectivity index (χ2v) is 4.50. The van der Waals surface area contributed by atoms with Gasteiger partial charge in [0, 0.05) is 18.2 Å². The number of hydrogen-bond acceptors (Lipinski definition) is 2. The van der Waals surface area contributed by atoms with E-state index in [1.807, 2.05) is 6.92 Å². The summed E-state index contributed by atoms with van der Waals surface area (Å²) in [6.07, 6.45) is 2.61. The average Bonchev–Trinajstić information content (AvgIpc) is 2.76. The highest BCUT2D eigenvalue weighted by Gasteiger charge is 2.17. The zero-order valence-electron chi connectivity index (χ0n) is 9.92. The Morgan fingerprint density at radius 3 is 3.12 bits per heavy atom. The van der Waals surface area contributed by atoms with E-state index in [-0.39, 0.29) is 17.8 Å². The van der Waals surface area contributed by atoms with Crippen LogP contribution in [0.2, 0.25) is 0 Å². The van der Waals surface area contributed by atoms with Gasteiger partial charge in [0.15, 0.2) is 0 Å². The normalized spacial score (nSPS) is 19.3. The summed E-state index contributed by atoms with van der Waals surface area (Å²) >= 11 is 0. The minimum atomic E-state index is -0.329. The van der Waals surface area contributed by atoms with Crippen molar-refractivity contribution in [1.29, 1.82) is 0 Å². The van der Waals surface area contributed by atoms with Gasteiger partial charge in [-0.1, -0.05) is 6.07 Å². The molecule has 0 aliphatic carbocycles. The van der Waals surface area contributed by atoms with Gasteiger partial charge in [-0.2, -0.15) is 0 Å². The molecule has 0 bridgehead atoms. The Balaban J connectivity index is 1.95. The average molecular weight is 236 g/mol. The Bertz CT molecular complexity index is 414. The lowest BCUT2D eigenvalue weighted by Gasteiger charge is -2.12. The zero-order valence-corrected chi connectivity index (χ0v) is 9.92. The fourth-order valence-electron chi connectivity index (χ4n) is 2.08. The molecule has 1 saturated heterocycles. The molecule has 92 valence electrons. The van der Waals surface area contributed by atoms with E-state index in [4.69, 9.17) is 0 Å². The van der Waals surface area contributed by atoms with Gasteiger partial charge >= 0.3 is 0 Å². The summed E-state index contributed by atoms with van der Waals surface area (Å²) in [5.74, 6) is -0.386. The van der Waals surface area contributed by atoms with Crippen molar-refractivity contribution in [2.24, 2.45) is 0 Å². The van der Waals surface area contributed by atoms with Crippen LogP contribution in [0.15, 0.2) is 18.2 Å². The van der Waals surface area contributed by atoms with Gasteiger partial charge in [-0.3, -0.25) is 4.79 Å². The van der Waals surface area contributed by atoms with Crippen molar-refractivity contribution in [2.75, 3.05) is 11.9 Å². The van der Waals surface area contributed by atoms with Crippen molar-refractivity contribution in [3.05, 3.63) is 29.6 Å². The fourth-order valence-corrected chi connectivity index (χ4v) is 2.08. The fraction of sp³-hybridized carbons (Fsp3) is 0.462. The molecule has 0 saturated carbocycles. The number of carbonyl (C=O) groups is 1. The minimum absolute atomic E-state index is 0.0573. The van der Waals surface area contributed by atoms with Crippen molar-refractivity contribution in [3.8, 4) is 0 Å². The van der Waals surface area contributed by atoms with Crippen LogP contribution in [0.4, 0.5) is 10.1 Å². The zero-order chi connectivity index (χ0) is 12.3. The van der Waals surface area contributed by atoms with Crippen molar-refractivity contribution >= 4 is 11.6 Å². The largest absolute Gasteiger partial charge is 0.326 e. The highest BCUT2D eigenvalue weighted by molar-refractivity contribution is 5.91. The lowest BCUT2D eigenvalue weighted by molar-refractivity contribution is -0.116. The standard InChI is InChI=1S/C13H17FN2O/c1-9-4-5-10(14)7-12(9)16-13(17)8-11-3-2-6-15-11/h4-5,7,11,15H,2-3,6,8H2,1H3,(H,16,17). The molecule has 4 heteroatoms. The Morgan fingerprint density at radius 2 is 2.41 bits per heavy atom. The van der Waals surface area contributed by atoms with Crippen LogP contribution in [0.3, 0.4) is 0 Å². The topological polar surface area (TPSA) is 41.1 Å². The van der Waals surface area contributed by atoms with Gasteiger partial charge in [0.25, 0.3) is 0 Å². The molecule has 17 heavy (non-hydrogen) atoms. The molecule has 1 heterocycles. The van der Waals surface area contributed by atoms with Crippen LogP contribution in [0.25, 0.3) is 0 Å². The first kappa shape index (κ1) is 12.0. The number of hydrogen-bond donors (Lipinski definition) is 2. The first-order valence-electron chi connectivity index (χ1n) is 5.94. The van der Waals surface area contributed by atoms with Crippen molar-refractivity contribution < 1.29 is 9.18 Å². The number of halogens is 1. The molecule has 1 fully saturated rings. The number of nitrogens with one attached hydrogen (secondary N) is 2. The molecule has 1 atom stereocenters. The number of amides is 1. The summed E-state index contributed by atoms with van der Waals surface area (Å²) in [6, 6.07) is 4.68. The first-order chi connectivity index (χ1) is 8.15. The van der Waals surface area contributed by atoms with Crippen molar-refractivity contribution in [1.82, 2.24) is 5.32 Å². The van der Waals surface area contributed by atoms with Gasteiger partial charge < -0.3 is 10.6 Å². The molecular formula is C13H17FN2O. The van der Waals surface area contributed by atoms with Crippen LogP contribution >= 0.6 is 0 Å². The summed E-state index contributed by atoms with van der Waals surface area (Å²) in [5.41, 5.74) is 1.44. The Labute approximate surface area is 100 Å². The van der Waals surface area contributed by atoms with Crippen molar-refractivity contribution in [2.45, 2.75) is 32.2 Å². The molecular weight excluding hydrogens is 219 g/mol. The highest BCUT2D eigenvalue weighted by atomic mass is 19.1. The third kappa shape index (κ3) is 3.27. The van der Waals surface area contributed by atoms with Gasteiger partial charge in [-0.25, -0.2) is 4.39 Å². The van der Waals surface area contributed by atoms with E-state index in [1.165, 1.54) is 12.1 Å². The number of aryl methyl sites for hydroxylation is 1. The first-order valence-corrected chi connectivity index (χ1v) is 5.94. The number of benzene rings is 1. The summed E-state index contributed by atoms with van der Waals surface area (Å²) < 4.78 is 13.0. The monoisotopic (exact) mass is 236 g/mol. The predicted octanol–water partition coefficient (Wildman–Crippen LogP) is 2.21. The molecule has 1 unspecified atom stereocenters. The predicted molar refractivity (Wildman–Crippen MR) is 65.4 cm³/mol. The van der Waals surface area contributed by atoms with Crippen LogP contribution in [-0.2, 0) is 4.79 Å². The van der Waals surface area contributed by atoms with E-state index in [0.717, 1.165) is 24.9 Å². The van der Waals surface area contributed by atoms with E-state index in [2.05, 4.69) is 10.6 Å². The summed E-state index contributed by atoms with van der Waals surface area (Å²) in [6.45, 7) is 2.83. The second-order valence-electron chi connectivity index (χ2n) is 4.50. The molecule has 1 amide bonds. The second kappa shape index (κ2) is 5.27. The molecule has 2 rings (SSSR count). The van der Waals surface area contributed by atoms with Gasteiger partial charge in [-0.15, -0.1) is 0 Å². The molecule has 0 aromatic heterocycles. The van der Waals surface area contributed by atoms with E-state index in [9.17, 15) is 9.18 Å². The van der Waals surface area contributed by atoms with Crippen LogP contribution in [0.1, 0.15) is 24.8 Å². The molecule has 3 nitrogen and oxygen atoms in total. The lowest BCUT2D eigenvalue weighted by Crippen LogP contribution is -2.27. The molecule has 0 radical (unpaired) electrons. The molecule has 1 aliphatic rings. The maximum absolute atomic E-state index is 13.0. The third-order valence-corrected chi connectivity index (χ3v) is 3.07. The maximum atomic E-state index is 13.0. The summed E-state index contributed by atoms with van der Waals surface area (Å²) in [5, 5.41) is 6.02. The van der Waals surface area contributed by atoms with Crippen LogP contribution in [0.5, 0.6) is 0 Å². The van der Waals surface area contributed by atoms with E-state index in [1.54, 1.807) is 6.07 Å². The van der Waals surface area contributed by atoms with Gasteiger partial charge in [0.2, 0.25) is 5.91 Å². The smallest absolute Gasteiger partial charge is 0.225 e. The van der Waals surface area contributed by atoms with Crippen LogP contribution in [0, 0.1) is 12.7 Å². The molecule has 1 aliphatic heterocycles. The minimum Gasteiger partial charge on any atom is -0.326 e. The molecule has 2 N–H and O–H groups in total. The lowest BCUT2D eigenvalue weighted by atomic mass is 10.1. The number of carbonyl (C=O) groups excluding carboxylic acids is 1. The Hall–Kier alpha value is -1.42. The van der Waals surface area contributed by atoms with E-state index < -0.39 is 0 Å². The molecule has 1 aromatic rings.